The first-order chi connectivity index (χ1) is 28.2. The van der Waals surface area contributed by atoms with Crippen LogP contribution in [-0.4, -0.2) is 73.6 Å². The van der Waals surface area contributed by atoms with Gasteiger partial charge in [0, 0.05) is 42.7 Å². The molecule has 0 radical (unpaired) electrons. The number of hydrogen-bond donors (Lipinski definition) is 0. The summed E-state index contributed by atoms with van der Waals surface area (Å²) < 4.78 is 21.8. The van der Waals surface area contributed by atoms with Gasteiger partial charge in [0.2, 0.25) is 49.6 Å². The van der Waals surface area contributed by atoms with Crippen molar-refractivity contribution in [3.05, 3.63) is 131 Å². The summed E-state index contributed by atoms with van der Waals surface area (Å²) in [7, 11) is 7.65. The lowest BCUT2D eigenvalue weighted by molar-refractivity contribution is -0.694. The lowest BCUT2D eigenvalue weighted by atomic mass is 10.2. The molecule has 0 aliphatic rings. The molecule has 0 unspecified atom stereocenters. The van der Waals surface area contributed by atoms with Gasteiger partial charge in [0.25, 0.3) is 38.0 Å². The van der Waals surface area contributed by atoms with Crippen molar-refractivity contribution in [2.75, 3.05) is 0 Å². The van der Waals surface area contributed by atoms with E-state index in [-0.39, 0.29) is 0 Å². The number of benzene rings is 1. The molecule has 0 saturated carbocycles. The fraction of sp³-hybridized carbons (Fsp3) is 0.222. The van der Waals surface area contributed by atoms with Gasteiger partial charge in [0.1, 0.15) is 17.7 Å². The zero-order valence-corrected chi connectivity index (χ0v) is 32.8. The standard InChI is InChI=1S/C15H17N7.C11H13N7.C10H12N8/c1-3-19-9-17-21(11-19)14-5-13(8-16)6-15(7-14)22-12-20(4-2)10-18-22;1-15-6-13-17(8-15)10-3-11(5-12-4-10)18-9-16(2)7-14-18;1-15-5-13-17(7-15)9-3-10(12-4-11-9)18-8-16(2)6-14-18/h5-7,9-12H,3-4H2,1-2H3;3-9H,1-2H3;3-8H,1-2H3/q3*+2. The molecule has 58 heavy (non-hydrogen) atoms. The Balaban J connectivity index is 0.000000133. The van der Waals surface area contributed by atoms with E-state index in [0.717, 1.165) is 35.8 Å². The van der Waals surface area contributed by atoms with Gasteiger partial charge in [0.05, 0.1) is 71.4 Å². The van der Waals surface area contributed by atoms with Gasteiger partial charge in [-0.3, -0.25) is 4.98 Å². The molecule has 0 aliphatic heterocycles. The molecule has 0 saturated heterocycles. The molecule has 0 fully saturated rings. The first-order valence-corrected chi connectivity index (χ1v) is 18.0. The topological polar surface area (TPSA) is 193 Å². The molecule has 290 valence electrons. The van der Waals surface area contributed by atoms with Crippen molar-refractivity contribution in [3.63, 3.8) is 0 Å². The van der Waals surface area contributed by atoms with Crippen molar-refractivity contribution in [1.29, 1.82) is 5.26 Å². The van der Waals surface area contributed by atoms with Crippen molar-refractivity contribution in [2.24, 2.45) is 28.2 Å². The zero-order chi connectivity index (χ0) is 40.6. The van der Waals surface area contributed by atoms with E-state index in [4.69, 9.17) is 0 Å². The number of hydrogen-bond acceptors (Lipinski definition) is 10. The Kier molecular flexibility index (Phi) is 11.2. The first kappa shape index (κ1) is 38.1. The van der Waals surface area contributed by atoms with Crippen LogP contribution in [0, 0.1) is 11.3 Å². The summed E-state index contributed by atoms with van der Waals surface area (Å²) in [6.07, 6.45) is 26.6. The molecule has 1 aromatic carbocycles. The first-order valence-electron chi connectivity index (χ1n) is 18.0. The summed E-state index contributed by atoms with van der Waals surface area (Å²) in [6.45, 7) is 5.80. The average molecular weight is 783 g/mol. The van der Waals surface area contributed by atoms with E-state index in [0.29, 0.717) is 17.2 Å². The largest absolute Gasteiger partial charge is 0.265 e. The van der Waals surface area contributed by atoms with Gasteiger partial charge < -0.3 is 0 Å². The quantitative estimate of drug-likeness (QED) is 0.158. The van der Waals surface area contributed by atoms with Gasteiger partial charge in [-0.15, -0.1) is 0 Å². The van der Waals surface area contributed by atoms with Crippen LogP contribution in [0.3, 0.4) is 0 Å². The molecular weight excluding hydrogens is 741 g/mol. The van der Waals surface area contributed by atoms with E-state index in [1.54, 1.807) is 78.4 Å². The van der Waals surface area contributed by atoms with E-state index >= 15 is 0 Å². The highest BCUT2D eigenvalue weighted by molar-refractivity contribution is 5.50. The Morgan fingerprint density at radius 2 is 0.862 bits per heavy atom. The second-order valence-corrected chi connectivity index (χ2v) is 13.0. The minimum absolute atomic E-state index is 0.574. The number of aromatic nitrogens is 21. The predicted octanol–water partition coefficient (Wildman–Crippen LogP) is -1.86. The third-order valence-electron chi connectivity index (χ3n) is 8.40. The van der Waals surface area contributed by atoms with Crippen molar-refractivity contribution in [1.82, 2.24) is 73.6 Å². The van der Waals surface area contributed by atoms with Crippen molar-refractivity contribution < 1.29 is 27.4 Å². The third kappa shape index (κ3) is 9.00. The van der Waals surface area contributed by atoms with Gasteiger partial charge in [-0.25, -0.2) is 37.4 Å². The fourth-order valence-corrected chi connectivity index (χ4v) is 5.40. The number of nitrogens with zero attached hydrogens (tertiary/aromatic N) is 22. The Morgan fingerprint density at radius 3 is 1.22 bits per heavy atom. The number of nitriles is 1. The highest BCUT2D eigenvalue weighted by Crippen LogP contribution is 2.16. The summed E-state index contributed by atoms with van der Waals surface area (Å²) in [5.41, 5.74) is 4.03. The number of pyridine rings is 1. The maximum atomic E-state index is 9.26. The van der Waals surface area contributed by atoms with Crippen molar-refractivity contribution in [3.8, 4) is 40.5 Å². The molecule has 9 aromatic rings. The zero-order valence-electron chi connectivity index (χ0n) is 32.8. The van der Waals surface area contributed by atoms with Crippen LogP contribution in [0.1, 0.15) is 19.4 Å². The van der Waals surface area contributed by atoms with Crippen molar-refractivity contribution in [2.45, 2.75) is 26.9 Å². The molecule has 8 aromatic heterocycles. The van der Waals surface area contributed by atoms with E-state index in [1.165, 1.54) is 6.33 Å². The van der Waals surface area contributed by atoms with Gasteiger partial charge in [-0.2, -0.15) is 5.26 Å². The summed E-state index contributed by atoms with van der Waals surface area (Å²) in [5.74, 6) is 1.39. The van der Waals surface area contributed by atoms with E-state index < -0.39 is 0 Å². The van der Waals surface area contributed by atoms with E-state index in [2.05, 4.69) is 65.5 Å². The minimum atomic E-state index is 0.574. The molecule has 0 aliphatic carbocycles. The molecule has 0 bridgehead atoms. The van der Waals surface area contributed by atoms with Crippen LogP contribution >= 0.6 is 0 Å². The van der Waals surface area contributed by atoms with Crippen LogP contribution in [0.2, 0.25) is 0 Å². The predicted molar refractivity (Wildman–Crippen MR) is 197 cm³/mol. The molecule has 0 atom stereocenters. The summed E-state index contributed by atoms with van der Waals surface area (Å²) in [6, 6.07) is 11.6. The summed E-state index contributed by atoms with van der Waals surface area (Å²) in [4.78, 5) is 12.6. The fourth-order valence-electron chi connectivity index (χ4n) is 5.40. The lowest BCUT2D eigenvalue weighted by Gasteiger charge is -1.98. The molecule has 22 heteroatoms. The van der Waals surface area contributed by atoms with Gasteiger partial charge in [-0.05, 0) is 26.0 Å². The maximum Gasteiger partial charge on any atom is 0.265 e. The molecule has 0 amide bonds. The third-order valence-corrected chi connectivity index (χ3v) is 8.40. The molecule has 0 N–H and O–H groups in total. The molecular formula is C36H42N22+6. The Morgan fingerprint density at radius 1 is 0.483 bits per heavy atom. The van der Waals surface area contributed by atoms with Crippen LogP contribution < -0.4 is 27.4 Å². The molecule has 9 rings (SSSR count). The summed E-state index contributed by atoms with van der Waals surface area (Å²) >= 11 is 0. The van der Waals surface area contributed by atoms with Crippen molar-refractivity contribution >= 4 is 0 Å². The second-order valence-electron chi connectivity index (χ2n) is 13.0. The van der Waals surface area contributed by atoms with E-state index in [9.17, 15) is 5.26 Å². The minimum Gasteiger partial charge on any atom is -0.257 e. The monoisotopic (exact) mass is 782 g/mol. The maximum absolute atomic E-state index is 9.26. The van der Waals surface area contributed by atoms with Crippen LogP contribution in [0.25, 0.3) is 34.4 Å². The summed E-state index contributed by atoms with van der Waals surface area (Å²) in [5, 5.41) is 34.7. The van der Waals surface area contributed by atoms with Crippen LogP contribution in [0.4, 0.5) is 0 Å². The average Bonchev–Trinajstić information content (AvgIpc) is 4.12. The van der Waals surface area contributed by atoms with Gasteiger partial charge >= 0.3 is 0 Å². The molecule has 8 heterocycles. The van der Waals surface area contributed by atoms with Crippen LogP contribution in [-0.2, 0) is 41.3 Å². The lowest BCUT2D eigenvalue weighted by Crippen LogP contribution is -2.29. The van der Waals surface area contributed by atoms with Crippen LogP contribution in [0.15, 0.2) is 125 Å². The second kappa shape index (κ2) is 17.1. The number of rotatable bonds is 8. The van der Waals surface area contributed by atoms with Gasteiger partial charge in [0.15, 0.2) is 11.4 Å². The SMILES string of the molecule is CC[n+]1cnn(-c2cc(C#N)cc(-n3c[n+](CC)cn3)c2)c1.C[n+]1cnn(-c2cc(-n3c[n+](C)cn3)ncn2)c1.C[n+]1cnn(-c2cncc(-n3c[n+](C)cn3)c2)c1. The smallest absolute Gasteiger partial charge is 0.257 e. The van der Waals surface area contributed by atoms with E-state index in [1.807, 2.05) is 124 Å². The van der Waals surface area contributed by atoms with Crippen LogP contribution in [0.5, 0.6) is 0 Å². The molecule has 0 spiro atoms. The highest BCUT2D eigenvalue weighted by atomic mass is 15.4. The highest BCUT2D eigenvalue weighted by Gasteiger charge is 2.17. The Bertz CT molecular complexity index is 2510. The molecule has 22 nitrogen and oxygen atoms in total. The Hall–Kier alpha value is -8.22. The normalized spacial score (nSPS) is 10.7. The number of aryl methyl sites for hydroxylation is 6. The Labute approximate surface area is 331 Å². The van der Waals surface area contributed by atoms with Gasteiger partial charge in [-0.1, -0.05) is 28.1 Å².